The van der Waals surface area contributed by atoms with Crippen LogP contribution in [0.3, 0.4) is 0 Å². The van der Waals surface area contributed by atoms with Crippen molar-refractivity contribution in [1.82, 2.24) is 0 Å². The van der Waals surface area contributed by atoms with Gasteiger partial charge in [0.1, 0.15) is 11.9 Å². The molecule has 1 aromatic carbocycles. The van der Waals surface area contributed by atoms with Crippen molar-refractivity contribution >= 4 is 0 Å². The largest absolute Gasteiger partial charge is 0.488 e. The molecular weight excluding hydrogens is 190 g/mol. The highest BCUT2D eigenvalue weighted by Crippen LogP contribution is 2.24. The number of nitrogens with zero attached hydrogens (tertiary/aromatic N) is 1. The van der Waals surface area contributed by atoms with Crippen LogP contribution in [0.15, 0.2) is 24.3 Å². The predicted octanol–water partition coefficient (Wildman–Crippen LogP) is 1.85. The van der Waals surface area contributed by atoms with E-state index in [9.17, 15) is 5.11 Å². The van der Waals surface area contributed by atoms with E-state index >= 15 is 0 Å². The fourth-order valence-corrected chi connectivity index (χ4v) is 1.86. The van der Waals surface area contributed by atoms with Gasteiger partial charge in [-0.15, -0.1) is 0 Å². The smallest absolute Gasteiger partial charge is 0.124 e. The van der Waals surface area contributed by atoms with Crippen LogP contribution in [0, 0.1) is 11.3 Å². The molecule has 2 unspecified atom stereocenters. The van der Waals surface area contributed by atoms with E-state index in [0.29, 0.717) is 11.3 Å². The summed E-state index contributed by atoms with van der Waals surface area (Å²) < 4.78 is 5.63. The Morgan fingerprint density at radius 3 is 2.93 bits per heavy atom. The van der Waals surface area contributed by atoms with Gasteiger partial charge in [0.25, 0.3) is 0 Å². The second-order valence-electron chi connectivity index (χ2n) is 3.79. The van der Waals surface area contributed by atoms with Gasteiger partial charge in [-0.25, -0.2) is 0 Å². The first-order chi connectivity index (χ1) is 7.29. The summed E-state index contributed by atoms with van der Waals surface area (Å²) in [7, 11) is 0. The summed E-state index contributed by atoms with van der Waals surface area (Å²) in [5.74, 6) is 0.667. The van der Waals surface area contributed by atoms with Crippen molar-refractivity contribution in [1.29, 1.82) is 5.26 Å². The Bertz CT molecular complexity index is 383. The quantitative estimate of drug-likeness (QED) is 0.798. The van der Waals surface area contributed by atoms with E-state index < -0.39 is 0 Å². The molecule has 78 valence electrons. The van der Waals surface area contributed by atoms with Crippen molar-refractivity contribution in [2.45, 2.75) is 31.5 Å². The lowest BCUT2D eigenvalue weighted by atomic mass is 10.2. The maximum absolute atomic E-state index is 9.59. The molecule has 1 aliphatic carbocycles. The number of aliphatic hydroxyl groups excluding tert-OH is 1. The summed E-state index contributed by atoms with van der Waals surface area (Å²) in [6.07, 6.45) is 2.22. The highest BCUT2D eigenvalue weighted by Gasteiger charge is 2.26. The molecule has 0 heterocycles. The van der Waals surface area contributed by atoms with Crippen molar-refractivity contribution in [2.24, 2.45) is 0 Å². The summed E-state index contributed by atoms with van der Waals surface area (Å²) >= 11 is 0. The van der Waals surface area contributed by atoms with Crippen molar-refractivity contribution < 1.29 is 9.84 Å². The van der Waals surface area contributed by atoms with Crippen LogP contribution in [0.4, 0.5) is 0 Å². The number of benzene rings is 1. The third kappa shape index (κ3) is 2.28. The molecule has 0 radical (unpaired) electrons. The minimum Gasteiger partial charge on any atom is -0.488 e. The van der Waals surface area contributed by atoms with Gasteiger partial charge < -0.3 is 9.84 Å². The molecule has 15 heavy (non-hydrogen) atoms. The average Bonchev–Trinajstić information content (AvgIpc) is 2.65. The molecular formula is C12H13NO2. The van der Waals surface area contributed by atoms with Gasteiger partial charge in [-0.2, -0.15) is 5.26 Å². The fraction of sp³-hybridized carbons (Fsp3) is 0.417. The summed E-state index contributed by atoms with van der Waals surface area (Å²) in [5, 5.41) is 18.3. The standard InChI is InChI=1S/C12H13NO2/c13-8-9-3-1-4-10(7-9)15-12-6-2-5-11(12)14/h1,3-4,7,11-12,14H,2,5-6H2. The lowest BCUT2D eigenvalue weighted by molar-refractivity contribution is 0.0604. The highest BCUT2D eigenvalue weighted by atomic mass is 16.5. The normalized spacial score (nSPS) is 24.8. The van der Waals surface area contributed by atoms with Crippen LogP contribution in [0.5, 0.6) is 5.75 Å². The van der Waals surface area contributed by atoms with Crippen LogP contribution in [-0.2, 0) is 0 Å². The zero-order chi connectivity index (χ0) is 10.7. The van der Waals surface area contributed by atoms with E-state index in [0.717, 1.165) is 19.3 Å². The molecule has 0 bridgehead atoms. The number of aliphatic hydroxyl groups is 1. The van der Waals surface area contributed by atoms with Crippen LogP contribution in [0.1, 0.15) is 24.8 Å². The highest BCUT2D eigenvalue weighted by molar-refractivity contribution is 5.36. The zero-order valence-electron chi connectivity index (χ0n) is 8.39. The number of hydrogen-bond donors (Lipinski definition) is 1. The molecule has 0 saturated heterocycles. The van der Waals surface area contributed by atoms with Gasteiger partial charge in [0.15, 0.2) is 0 Å². The molecule has 1 N–H and O–H groups in total. The first-order valence-corrected chi connectivity index (χ1v) is 5.14. The van der Waals surface area contributed by atoms with Gasteiger partial charge >= 0.3 is 0 Å². The van der Waals surface area contributed by atoms with Crippen LogP contribution in [0.2, 0.25) is 0 Å². The predicted molar refractivity (Wildman–Crippen MR) is 55.4 cm³/mol. The summed E-state index contributed by atoms with van der Waals surface area (Å²) in [6.45, 7) is 0. The zero-order valence-corrected chi connectivity index (χ0v) is 8.39. The SMILES string of the molecule is N#Cc1cccc(OC2CCCC2O)c1. The van der Waals surface area contributed by atoms with Crippen LogP contribution < -0.4 is 4.74 Å². The van der Waals surface area contributed by atoms with Gasteiger partial charge in [0, 0.05) is 0 Å². The lowest BCUT2D eigenvalue weighted by Crippen LogP contribution is -2.25. The van der Waals surface area contributed by atoms with E-state index in [1.54, 1.807) is 18.2 Å². The Balaban J connectivity index is 2.07. The van der Waals surface area contributed by atoms with E-state index in [2.05, 4.69) is 6.07 Å². The number of hydrogen-bond acceptors (Lipinski definition) is 3. The minimum atomic E-state index is -0.365. The third-order valence-electron chi connectivity index (χ3n) is 2.67. The number of ether oxygens (including phenoxy) is 1. The molecule has 1 saturated carbocycles. The molecule has 1 fully saturated rings. The molecule has 2 rings (SSSR count). The van der Waals surface area contributed by atoms with Crippen molar-refractivity contribution in [3.05, 3.63) is 29.8 Å². The summed E-state index contributed by atoms with van der Waals surface area (Å²) in [6, 6.07) is 9.09. The maximum Gasteiger partial charge on any atom is 0.124 e. The minimum absolute atomic E-state index is 0.112. The number of rotatable bonds is 2. The molecule has 3 nitrogen and oxygen atoms in total. The van der Waals surface area contributed by atoms with E-state index in [4.69, 9.17) is 10.00 Å². The first kappa shape index (κ1) is 10.0. The van der Waals surface area contributed by atoms with Gasteiger partial charge in [-0.05, 0) is 37.5 Å². The summed E-state index contributed by atoms with van der Waals surface area (Å²) in [5.41, 5.74) is 0.583. The van der Waals surface area contributed by atoms with E-state index in [-0.39, 0.29) is 12.2 Å². The van der Waals surface area contributed by atoms with Crippen molar-refractivity contribution in [2.75, 3.05) is 0 Å². The molecule has 0 amide bonds. The molecule has 0 spiro atoms. The second-order valence-corrected chi connectivity index (χ2v) is 3.79. The topological polar surface area (TPSA) is 53.2 Å². The van der Waals surface area contributed by atoms with Crippen LogP contribution in [0.25, 0.3) is 0 Å². The molecule has 1 aromatic rings. The molecule has 3 heteroatoms. The van der Waals surface area contributed by atoms with Crippen LogP contribution in [-0.4, -0.2) is 17.3 Å². The molecule has 0 aromatic heterocycles. The van der Waals surface area contributed by atoms with Crippen molar-refractivity contribution in [3.63, 3.8) is 0 Å². The Labute approximate surface area is 88.9 Å². The van der Waals surface area contributed by atoms with Crippen molar-refractivity contribution in [3.8, 4) is 11.8 Å². The average molecular weight is 203 g/mol. The van der Waals surface area contributed by atoms with Gasteiger partial charge in [0.05, 0.1) is 17.7 Å². The molecule has 1 aliphatic rings. The fourth-order valence-electron chi connectivity index (χ4n) is 1.86. The van der Waals surface area contributed by atoms with E-state index in [1.807, 2.05) is 6.07 Å². The Kier molecular flexibility index (Phi) is 2.89. The number of nitriles is 1. The third-order valence-corrected chi connectivity index (χ3v) is 2.67. The van der Waals surface area contributed by atoms with E-state index in [1.165, 1.54) is 0 Å². The monoisotopic (exact) mass is 203 g/mol. The Morgan fingerprint density at radius 1 is 1.40 bits per heavy atom. The van der Waals surface area contributed by atoms with Gasteiger partial charge in [-0.1, -0.05) is 6.07 Å². The van der Waals surface area contributed by atoms with Crippen LogP contribution >= 0.6 is 0 Å². The molecule has 2 atom stereocenters. The lowest BCUT2D eigenvalue weighted by Gasteiger charge is -2.16. The maximum atomic E-state index is 9.59. The van der Waals surface area contributed by atoms with Gasteiger partial charge in [-0.3, -0.25) is 0 Å². The first-order valence-electron chi connectivity index (χ1n) is 5.14. The summed E-state index contributed by atoms with van der Waals surface area (Å²) in [4.78, 5) is 0. The second kappa shape index (κ2) is 4.33. The van der Waals surface area contributed by atoms with Gasteiger partial charge in [0.2, 0.25) is 0 Å². The molecule has 0 aliphatic heterocycles. The Hall–Kier alpha value is -1.53. The Morgan fingerprint density at radius 2 is 2.27 bits per heavy atom.